The summed E-state index contributed by atoms with van der Waals surface area (Å²) in [6, 6.07) is 12.7. The van der Waals surface area contributed by atoms with Crippen LogP contribution in [-0.2, 0) is 14.3 Å². The Morgan fingerprint density at radius 2 is 1.81 bits per heavy atom. The molecule has 0 saturated heterocycles. The fourth-order valence-corrected chi connectivity index (χ4v) is 2.12. The molecule has 140 valence electrons. The lowest BCUT2D eigenvalue weighted by Crippen LogP contribution is -2.29. The van der Waals surface area contributed by atoms with Crippen LogP contribution in [0.2, 0.25) is 0 Å². The number of amides is 1. The molecule has 27 heavy (non-hydrogen) atoms. The second-order valence-electron chi connectivity index (χ2n) is 5.45. The number of nitro benzene ring substituents is 1. The average Bonchev–Trinajstić information content (AvgIpc) is 2.67. The van der Waals surface area contributed by atoms with Gasteiger partial charge in [-0.3, -0.25) is 14.9 Å². The van der Waals surface area contributed by atoms with E-state index in [0.717, 1.165) is 5.56 Å². The van der Waals surface area contributed by atoms with Gasteiger partial charge in [-0.2, -0.15) is 0 Å². The molecule has 0 heterocycles. The Morgan fingerprint density at radius 3 is 2.44 bits per heavy atom. The fraction of sp³-hybridized carbons (Fsp3) is 0.158. The lowest BCUT2D eigenvalue weighted by atomic mass is 10.2. The Labute approximate surface area is 155 Å². The zero-order chi connectivity index (χ0) is 19.8. The van der Waals surface area contributed by atoms with Crippen molar-refractivity contribution in [1.82, 2.24) is 0 Å². The van der Waals surface area contributed by atoms with E-state index < -0.39 is 22.9 Å². The Morgan fingerprint density at radius 1 is 1.15 bits per heavy atom. The van der Waals surface area contributed by atoms with Gasteiger partial charge in [0.2, 0.25) is 0 Å². The van der Waals surface area contributed by atoms with E-state index in [9.17, 15) is 19.7 Å². The Hall–Kier alpha value is -3.68. The number of benzene rings is 2. The molecule has 8 heteroatoms. The molecule has 1 atom stereocenters. The molecule has 2 aromatic rings. The number of nitro groups is 1. The van der Waals surface area contributed by atoms with Gasteiger partial charge < -0.3 is 14.8 Å². The number of nitrogens with zero attached hydrogens (tertiary/aromatic N) is 1. The highest BCUT2D eigenvalue weighted by atomic mass is 16.6. The van der Waals surface area contributed by atoms with E-state index in [4.69, 9.17) is 9.47 Å². The minimum absolute atomic E-state index is 0.0316. The van der Waals surface area contributed by atoms with Crippen molar-refractivity contribution in [2.24, 2.45) is 0 Å². The number of carbonyl (C=O) groups is 2. The smallest absolute Gasteiger partial charge is 0.331 e. The first-order valence-electron chi connectivity index (χ1n) is 7.97. The van der Waals surface area contributed by atoms with Gasteiger partial charge in [-0.1, -0.05) is 24.3 Å². The van der Waals surface area contributed by atoms with E-state index >= 15 is 0 Å². The van der Waals surface area contributed by atoms with Crippen molar-refractivity contribution in [2.45, 2.75) is 13.0 Å². The van der Waals surface area contributed by atoms with Crippen LogP contribution in [0.25, 0.3) is 6.08 Å². The Bertz CT molecular complexity index is 861. The van der Waals surface area contributed by atoms with Crippen LogP contribution in [0.1, 0.15) is 12.5 Å². The topological polar surface area (TPSA) is 108 Å². The number of esters is 1. The number of nitrogens with one attached hydrogen (secondary N) is 1. The third-order valence-corrected chi connectivity index (χ3v) is 3.55. The van der Waals surface area contributed by atoms with Gasteiger partial charge in [-0.15, -0.1) is 0 Å². The first-order chi connectivity index (χ1) is 12.9. The zero-order valence-corrected chi connectivity index (χ0v) is 14.7. The SMILES string of the molecule is COc1ccc(/C=C/C(=O)OC(C)C(=O)Nc2ccccc2[N+](=O)[O-])cc1. The number of hydrogen-bond donors (Lipinski definition) is 1. The van der Waals surface area contributed by atoms with E-state index in [1.807, 2.05) is 0 Å². The van der Waals surface area contributed by atoms with Crippen LogP contribution in [0.15, 0.2) is 54.6 Å². The molecule has 0 bridgehead atoms. The van der Waals surface area contributed by atoms with Gasteiger partial charge in [0, 0.05) is 12.1 Å². The number of carbonyl (C=O) groups excluding carboxylic acids is 2. The quantitative estimate of drug-likeness (QED) is 0.347. The minimum atomic E-state index is -1.13. The van der Waals surface area contributed by atoms with Crippen molar-refractivity contribution in [3.8, 4) is 5.75 Å². The lowest BCUT2D eigenvalue weighted by Gasteiger charge is -2.12. The molecule has 1 amide bonds. The maximum absolute atomic E-state index is 12.1. The molecule has 2 rings (SSSR count). The summed E-state index contributed by atoms with van der Waals surface area (Å²) in [7, 11) is 1.55. The summed E-state index contributed by atoms with van der Waals surface area (Å²) in [6.45, 7) is 1.38. The summed E-state index contributed by atoms with van der Waals surface area (Å²) in [4.78, 5) is 34.3. The standard InChI is InChI=1S/C19H18N2O6/c1-13(19(23)20-16-5-3-4-6-17(16)21(24)25)27-18(22)12-9-14-7-10-15(26-2)11-8-14/h3-13H,1-2H3,(H,20,23)/b12-9+. The highest BCUT2D eigenvalue weighted by Crippen LogP contribution is 2.23. The van der Waals surface area contributed by atoms with E-state index in [-0.39, 0.29) is 11.4 Å². The van der Waals surface area contributed by atoms with Gasteiger partial charge >= 0.3 is 5.97 Å². The second kappa shape index (κ2) is 9.14. The molecule has 0 aliphatic carbocycles. The molecule has 0 radical (unpaired) electrons. The van der Waals surface area contributed by atoms with Crippen LogP contribution in [0.5, 0.6) is 5.75 Å². The summed E-state index contributed by atoms with van der Waals surface area (Å²) >= 11 is 0. The van der Waals surface area contributed by atoms with Crippen molar-refractivity contribution in [2.75, 3.05) is 12.4 Å². The normalized spacial score (nSPS) is 11.6. The van der Waals surface area contributed by atoms with E-state index in [1.54, 1.807) is 37.4 Å². The average molecular weight is 370 g/mol. The van der Waals surface area contributed by atoms with Crippen molar-refractivity contribution in [1.29, 1.82) is 0 Å². The molecule has 0 aliphatic rings. The first-order valence-corrected chi connectivity index (χ1v) is 7.97. The fourth-order valence-electron chi connectivity index (χ4n) is 2.12. The molecular weight excluding hydrogens is 352 g/mol. The zero-order valence-electron chi connectivity index (χ0n) is 14.7. The van der Waals surface area contributed by atoms with Crippen molar-refractivity contribution in [3.05, 3.63) is 70.3 Å². The van der Waals surface area contributed by atoms with E-state index in [1.165, 1.54) is 37.3 Å². The van der Waals surface area contributed by atoms with E-state index in [0.29, 0.717) is 5.75 Å². The lowest BCUT2D eigenvalue weighted by molar-refractivity contribution is -0.383. The predicted molar refractivity (Wildman–Crippen MR) is 99.3 cm³/mol. The highest BCUT2D eigenvalue weighted by molar-refractivity contribution is 5.98. The number of methoxy groups -OCH3 is 1. The van der Waals surface area contributed by atoms with Gasteiger partial charge in [-0.25, -0.2) is 4.79 Å². The third kappa shape index (κ3) is 5.67. The van der Waals surface area contributed by atoms with Gasteiger partial charge in [0.1, 0.15) is 11.4 Å². The first kappa shape index (κ1) is 19.6. The molecule has 0 saturated carbocycles. The van der Waals surface area contributed by atoms with E-state index in [2.05, 4.69) is 5.32 Å². The molecule has 0 fully saturated rings. The number of hydrogen-bond acceptors (Lipinski definition) is 6. The largest absolute Gasteiger partial charge is 0.497 e. The molecule has 8 nitrogen and oxygen atoms in total. The van der Waals surface area contributed by atoms with Crippen LogP contribution in [-0.4, -0.2) is 30.0 Å². The molecule has 0 aromatic heterocycles. The molecule has 2 aromatic carbocycles. The van der Waals surface area contributed by atoms with Gasteiger partial charge in [0.05, 0.1) is 12.0 Å². The van der Waals surface area contributed by atoms with Crippen molar-refractivity contribution < 1.29 is 24.0 Å². The summed E-state index contributed by atoms with van der Waals surface area (Å²) in [6.07, 6.45) is 1.60. The third-order valence-electron chi connectivity index (χ3n) is 3.55. The number of ether oxygens (including phenoxy) is 2. The minimum Gasteiger partial charge on any atom is -0.497 e. The molecule has 1 N–H and O–H groups in total. The molecule has 1 unspecified atom stereocenters. The Kier molecular flexibility index (Phi) is 6.65. The number of para-hydroxylation sites is 2. The van der Waals surface area contributed by atoms with Crippen LogP contribution in [0.3, 0.4) is 0 Å². The number of anilines is 1. The van der Waals surface area contributed by atoms with Crippen molar-refractivity contribution >= 4 is 29.3 Å². The molecule has 0 aliphatic heterocycles. The highest BCUT2D eigenvalue weighted by Gasteiger charge is 2.20. The summed E-state index contributed by atoms with van der Waals surface area (Å²) < 4.78 is 10.1. The summed E-state index contributed by atoms with van der Waals surface area (Å²) in [5.74, 6) is -0.693. The second-order valence-corrected chi connectivity index (χ2v) is 5.45. The van der Waals surface area contributed by atoms with Crippen LogP contribution < -0.4 is 10.1 Å². The maximum Gasteiger partial charge on any atom is 0.331 e. The summed E-state index contributed by atoms with van der Waals surface area (Å²) in [5.41, 5.74) is 0.540. The van der Waals surface area contributed by atoms with Gasteiger partial charge in [-0.05, 0) is 36.8 Å². The van der Waals surface area contributed by atoms with Gasteiger partial charge in [0.25, 0.3) is 11.6 Å². The summed E-state index contributed by atoms with van der Waals surface area (Å²) in [5, 5.41) is 13.4. The maximum atomic E-state index is 12.1. The van der Waals surface area contributed by atoms with Gasteiger partial charge in [0.15, 0.2) is 6.10 Å². The van der Waals surface area contributed by atoms with Crippen LogP contribution in [0, 0.1) is 10.1 Å². The van der Waals surface area contributed by atoms with Crippen LogP contribution in [0.4, 0.5) is 11.4 Å². The molecular formula is C19H18N2O6. The van der Waals surface area contributed by atoms with Crippen LogP contribution >= 0.6 is 0 Å². The molecule has 0 spiro atoms. The monoisotopic (exact) mass is 370 g/mol. The Balaban J connectivity index is 1.94. The number of rotatable bonds is 7. The predicted octanol–water partition coefficient (Wildman–Crippen LogP) is 3.19. The van der Waals surface area contributed by atoms with Crippen molar-refractivity contribution in [3.63, 3.8) is 0 Å².